The predicted molar refractivity (Wildman–Crippen MR) is 52.7 cm³/mol. The first-order valence-corrected chi connectivity index (χ1v) is 4.92. The number of unbranched alkanes of at least 4 members (excludes halogenated alkanes) is 2. The number of hydrogen-bond donors (Lipinski definition) is 0. The molecule has 11 heavy (non-hydrogen) atoms. The summed E-state index contributed by atoms with van der Waals surface area (Å²) >= 11 is 0. The highest BCUT2D eigenvalue weighted by Crippen LogP contribution is 2.12. The molecule has 0 fully saturated rings. The molecule has 0 spiro atoms. The molecule has 0 N–H and O–H groups in total. The van der Waals surface area contributed by atoms with Gasteiger partial charge in [-0.2, -0.15) is 0 Å². The van der Waals surface area contributed by atoms with E-state index in [9.17, 15) is 0 Å². The summed E-state index contributed by atoms with van der Waals surface area (Å²) in [5.41, 5.74) is 0. The van der Waals surface area contributed by atoms with Crippen molar-refractivity contribution < 1.29 is 0 Å². The Kier molecular flexibility index (Phi) is 7.66. The van der Waals surface area contributed by atoms with Gasteiger partial charge in [0.05, 0.1) is 0 Å². The van der Waals surface area contributed by atoms with Crippen LogP contribution in [-0.2, 0) is 0 Å². The first-order chi connectivity index (χ1) is 5.31. The molecule has 0 amide bonds. The van der Waals surface area contributed by atoms with Crippen LogP contribution in [-0.4, -0.2) is 0 Å². The van der Waals surface area contributed by atoms with E-state index in [0.717, 1.165) is 5.92 Å². The van der Waals surface area contributed by atoms with Gasteiger partial charge < -0.3 is 0 Å². The highest BCUT2D eigenvalue weighted by atomic mass is 14.0. The van der Waals surface area contributed by atoms with Crippen molar-refractivity contribution in [2.45, 2.75) is 52.9 Å². The molecule has 0 heteroatoms. The molecule has 0 aromatic rings. The molecule has 0 saturated heterocycles. The van der Waals surface area contributed by atoms with Crippen LogP contribution >= 0.6 is 0 Å². The molecule has 0 aliphatic heterocycles. The largest absolute Gasteiger partial charge is 0.0917 e. The third-order valence-electron chi connectivity index (χ3n) is 2.25. The van der Waals surface area contributed by atoms with Crippen LogP contribution in [0.1, 0.15) is 52.9 Å². The minimum absolute atomic E-state index is 0.931. The smallest absolute Gasteiger partial charge is 0.0351 e. The zero-order valence-corrected chi connectivity index (χ0v) is 8.27. The van der Waals surface area contributed by atoms with Crippen LogP contribution in [0.2, 0.25) is 0 Å². The Labute approximate surface area is 71.7 Å². The van der Waals surface area contributed by atoms with Crippen LogP contribution in [0.15, 0.2) is 12.2 Å². The van der Waals surface area contributed by atoms with E-state index in [1.165, 1.54) is 32.1 Å². The molecular formula is C11H22. The monoisotopic (exact) mass is 154 g/mol. The van der Waals surface area contributed by atoms with E-state index in [0.29, 0.717) is 0 Å². The van der Waals surface area contributed by atoms with E-state index in [1.54, 1.807) is 0 Å². The van der Waals surface area contributed by atoms with Crippen molar-refractivity contribution in [1.82, 2.24) is 0 Å². The molecule has 1 unspecified atom stereocenters. The fraction of sp³-hybridized carbons (Fsp3) is 0.818. The summed E-state index contributed by atoms with van der Waals surface area (Å²) in [5, 5.41) is 0. The predicted octanol–water partition coefficient (Wildman–Crippen LogP) is 4.17. The van der Waals surface area contributed by atoms with Crippen molar-refractivity contribution in [2.24, 2.45) is 5.92 Å². The van der Waals surface area contributed by atoms with E-state index in [1.807, 2.05) is 0 Å². The topological polar surface area (TPSA) is 0 Å². The standard InChI is InChI=1S/C11H22/c1-4-6-7-8-9-10-11(3)5-2/h4,6,11H,5,7-10H2,1-3H3. The maximum atomic E-state index is 2.34. The maximum absolute atomic E-state index is 2.34. The normalized spacial score (nSPS) is 14.1. The van der Waals surface area contributed by atoms with Crippen molar-refractivity contribution in [3.63, 3.8) is 0 Å². The first-order valence-electron chi connectivity index (χ1n) is 4.92. The molecular weight excluding hydrogens is 132 g/mol. The number of allylic oxidation sites excluding steroid dienone is 2. The highest BCUT2D eigenvalue weighted by molar-refractivity contribution is 4.76. The van der Waals surface area contributed by atoms with Gasteiger partial charge in [-0.1, -0.05) is 45.3 Å². The lowest BCUT2D eigenvalue weighted by Crippen LogP contribution is -1.90. The van der Waals surface area contributed by atoms with Crippen molar-refractivity contribution in [3.8, 4) is 0 Å². The van der Waals surface area contributed by atoms with Crippen LogP contribution < -0.4 is 0 Å². The van der Waals surface area contributed by atoms with Gasteiger partial charge in [0.25, 0.3) is 0 Å². The van der Waals surface area contributed by atoms with E-state index < -0.39 is 0 Å². The summed E-state index contributed by atoms with van der Waals surface area (Å²) in [6, 6.07) is 0. The van der Waals surface area contributed by atoms with Crippen LogP contribution in [0.5, 0.6) is 0 Å². The molecule has 0 rings (SSSR count). The summed E-state index contributed by atoms with van der Waals surface area (Å²) in [7, 11) is 0. The number of rotatable bonds is 6. The van der Waals surface area contributed by atoms with Gasteiger partial charge in [-0.05, 0) is 25.7 Å². The van der Waals surface area contributed by atoms with Gasteiger partial charge in [0.15, 0.2) is 0 Å². The Hall–Kier alpha value is -0.260. The lowest BCUT2D eigenvalue weighted by Gasteiger charge is -2.05. The van der Waals surface area contributed by atoms with E-state index in [2.05, 4.69) is 32.9 Å². The average molecular weight is 154 g/mol. The molecule has 0 heterocycles. The summed E-state index contributed by atoms with van der Waals surface area (Å²) in [6.45, 7) is 6.71. The molecule has 0 bridgehead atoms. The second kappa shape index (κ2) is 7.84. The quantitative estimate of drug-likeness (QED) is 0.398. The molecule has 1 atom stereocenters. The van der Waals surface area contributed by atoms with Crippen LogP contribution in [0.3, 0.4) is 0 Å². The van der Waals surface area contributed by atoms with E-state index in [-0.39, 0.29) is 0 Å². The van der Waals surface area contributed by atoms with Crippen molar-refractivity contribution in [1.29, 1.82) is 0 Å². The van der Waals surface area contributed by atoms with E-state index in [4.69, 9.17) is 0 Å². The molecule has 0 nitrogen and oxygen atoms in total. The van der Waals surface area contributed by atoms with Gasteiger partial charge in [0.1, 0.15) is 0 Å². The van der Waals surface area contributed by atoms with Crippen molar-refractivity contribution in [3.05, 3.63) is 12.2 Å². The zero-order valence-electron chi connectivity index (χ0n) is 8.27. The van der Waals surface area contributed by atoms with Gasteiger partial charge in [-0.25, -0.2) is 0 Å². The number of hydrogen-bond acceptors (Lipinski definition) is 0. The minimum Gasteiger partial charge on any atom is -0.0917 e. The van der Waals surface area contributed by atoms with Crippen molar-refractivity contribution in [2.75, 3.05) is 0 Å². The summed E-state index contributed by atoms with van der Waals surface area (Å²) in [5.74, 6) is 0.931. The molecule has 0 radical (unpaired) electrons. The SMILES string of the molecule is CC=CCCCCC(C)CC. The molecule has 0 aliphatic carbocycles. The van der Waals surface area contributed by atoms with Crippen LogP contribution in [0.25, 0.3) is 0 Å². The van der Waals surface area contributed by atoms with Gasteiger partial charge in [0.2, 0.25) is 0 Å². The fourth-order valence-corrected chi connectivity index (χ4v) is 1.13. The summed E-state index contributed by atoms with van der Waals surface area (Å²) in [4.78, 5) is 0. The minimum atomic E-state index is 0.931. The second-order valence-electron chi connectivity index (χ2n) is 3.37. The average Bonchev–Trinajstić information content (AvgIpc) is 2.04. The summed E-state index contributed by atoms with van der Waals surface area (Å²) in [6.07, 6.45) is 11.2. The lowest BCUT2D eigenvalue weighted by atomic mass is 10.0. The summed E-state index contributed by atoms with van der Waals surface area (Å²) < 4.78 is 0. The highest BCUT2D eigenvalue weighted by Gasteiger charge is 1.96. The second-order valence-corrected chi connectivity index (χ2v) is 3.37. The maximum Gasteiger partial charge on any atom is -0.0351 e. The zero-order chi connectivity index (χ0) is 8.53. The third kappa shape index (κ3) is 7.64. The van der Waals surface area contributed by atoms with Crippen LogP contribution in [0.4, 0.5) is 0 Å². The molecule has 0 aromatic carbocycles. The Morgan fingerprint density at radius 2 is 2.00 bits per heavy atom. The van der Waals surface area contributed by atoms with E-state index >= 15 is 0 Å². The Bertz CT molecular complexity index is 92.2. The first kappa shape index (κ1) is 10.7. The van der Waals surface area contributed by atoms with Gasteiger partial charge in [-0.15, -0.1) is 0 Å². The van der Waals surface area contributed by atoms with Crippen LogP contribution in [0, 0.1) is 5.92 Å². The van der Waals surface area contributed by atoms with Crippen molar-refractivity contribution >= 4 is 0 Å². The molecule has 66 valence electrons. The Morgan fingerprint density at radius 3 is 2.55 bits per heavy atom. The molecule has 0 saturated carbocycles. The molecule has 0 aromatic heterocycles. The Balaban J connectivity index is 3.01. The fourth-order valence-electron chi connectivity index (χ4n) is 1.13. The van der Waals surface area contributed by atoms with Gasteiger partial charge in [-0.3, -0.25) is 0 Å². The van der Waals surface area contributed by atoms with Gasteiger partial charge in [0, 0.05) is 0 Å². The lowest BCUT2D eigenvalue weighted by molar-refractivity contribution is 0.486. The molecule has 0 aliphatic rings. The Morgan fingerprint density at radius 1 is 1.27 bits per heavy atom. The third-order valence-corrected chi connectivity index (χ3v) is 2.25. The van der Waals surface area contributed by atoms with Gasteiger partial charge >= 0.3 is 0 Å².